The number of carbonyl (C=O) groups is 2. The van der Waals surface area contributed by atoms with Crippen molar-refractivity contribution in [3.8, 4) is 0 Å². The summed E-state index contributed by atoms with van der Waals surface area (Å²) in [5.41, 5.74) is 0.142. The number of benzene rings is 1. The quantitative estimate of drug-likeness (QED) is 0.276. The van der Waals surface area contributed by atoms with Crippen LogP contribution in [0.15, 0.2) is 35.5 Å². The fourth-order valence-corrected chi connectivity index (χ4v) is 4.03. The Balaban J connectivity index is 1.61. The molecule has 1 saturated heterocycles. The van der Waals surface area contributed by atoms with Gasteiger partial charge in [-0.05, 0) is 24.3 Å². The number of rotatable bonds is 3. The van der Waals surface area contributed by atoms with Crippen LogP contribution in [-0.2, 0) is 9.59 Å². The lowest BCUT2D eigenvalue weighted by Crippen LogP contribution is -2.28. The number of allylic oxidation sites excluding steroid dienone is 2. The number of nitro benzene ring substituents is 1. The Hall–Kier alpha value is -2.54. The van der Waals surface area contributed by atoms with Crippen molar-refractivity contribution in [1.82, 2.24) is 5.01 Å². The van der Waals surface area contributed by atoms with Gasteiger partial charge < -0.3 is 0 Å². The average molecular weight is 346 g/mol. The lowest BCUT2D eigenvalue weighted by Gasteiger charge is -2.13. The maximum Gasteiger partial charge on any atom is 0.270 e. The van der Waals surface area contributed by atoms with Crippen LogP contribution in [0.2, 0.25) is 5.02 Å². The monoisotopic (exact) mass is 345 g/mol. The molecule has 0 aromatic heterocycles. The van der Waals surface area contributed by atoms with Crippen molar-refractivity contribution in [2.45, 2.75) is 6.42 Å². The van der Waals surface area contributed by atoms with Gasteiger partial charge in [-0.15, -0.1) is 0 Å². The molecule has 3 aliphatic rings. The third-order valence-corrected chi connectivity index (χ3v) is 5.29. The van der Waals surface area contributed by atoms with Crippen molar-refractivity contribution in [2.24, 2.45) is 28.8 Å². The summed E-state index contributed by atoms with van der Waals surface area (Å²) in [6, 6.07) is 3.91. The summed E-state index contributed by atoms with van der Waals surface area (Å²) in [4.78, 5) is 35.3. The zero-order valence-electron chi connectivity index (χ0n) is 12.3. The zero-order chi connectivity index (χ0) is 17.0. The average Bonchev–Trinajstić information content (AvgIpc) is 3.22. The van der Waals surface area contributed by atoms with Crippen LogP contribution in [0.5, 0.6) is 0 Å². The number of fused-ring (bicyclic) bond motifs is 5. The van der Waals surface area contributed by atoms with Gasteiger partial charge in [-0.1, -0.05) is 23.8 Å². The van der Waals surface area contributed by atoms with Crippen LogP contribution in [0.3, 0.4) is 0 Å². The number of imide groups is 1. The predicted molar refractivity (Wildman–Crippen MR) is 85.3 cm³/mol. The first-order valence-corrected chi connectivity index (χ1v) is 7.89. The van der Waals surface area contributed by atoms with Gasteiger partial charge in [0.05, 0.1) is 23.0 Å². The maximum absolute atomic E-state index is 12.5. The first-order chi connectivity index (χ1) is 11.5. The summed E-state index contributed by atoms with van der Waals surface area (Å²) in [5.74, 6) is -1.05. The third kappa shape index (κ3) is 2.08. The van der Waals surface area contributed by atoms with Crippen molar-refractivity contribution in [2.75, 3.05) is 0 Å². The van der Waals surface area contributed by atoms with Gasteiger partial charge >= 0.3 is 0 Å². The molecule has 2 bridgehead atoms. The molecule has 0 N–H and O–H groups in total. The molecule has 24 heavy (non-hydrogen) atoms. The topological polar surface area (TPSA) is 92.9 Å². The molecule has 1 heterocycles. The molecule has 2 aliphatic carbocycles. The number of hydrogen-bond acceptors (Lipinski definition) is 5. The van der Waals surface area contributed by atoms with Gasteiger partial charge in [-0.2, -0.15) is 10.1 Å². The molecular weight excluding hydrogens is 334 g/mol. The summed E-state index contributed by atoms with van der Waals surface area (Å²) < 4.78 is 0. The molecule has 0 radical (unpaired) electrons. The molecule has 0 spiro atoms. The number of halogens is 1. The van der Waals surface area contributed by atoms with Crippen LogP contribution in [0.1, 0.15) is 12.0 Å². The Morgan fingerprint density at radius 3 is 2.42 bits per heavy atom. The lowest BCUT2D eigenvalue weighted by atomic mass is 9.85. The van der Waals surface area contributed by atoms with Crippen LogP contribution in [0.4, 0.5) is 5.69 Å². The highest BCUT2D eigenvalue weighted by Crippen LogP contribution is 2.52. The van der Waals surface area contributed by atoms with E-state index in [9.17, 15) is 19.7 Å². The second kappa shape index (κ2) is 5.24. The molecule has 1 aromatic carbocycles. The highest BCUT2D eigenvalue weighted by atomic mass is 35.5. The summed E-state index contributed by atoms with van der Waals surface area (Å²) in [5, 5.41) is 15.9. The molecular formula is C16H12ClN3O4. The summed E-state index contributed by atoms with van der Waals surface area (Å²) >= 11 is 6.00. The number of nitrogens with zero attached hydrogens (tertiary/aromatic N) is 3. The van der Waals surface area contributed by atoms with Crippen molar-refractivity contribution < 1.29 is 14.5 Å². The Morgan fingerprint density at radius 1 is 1.21 bits per heavy atom. The Kier molecular flexibility index (Phi) is 3.28. The molecule has 7 nitrogen and oxygen atoms in total. The maximum atomic E-state index is 12.5. The van der Waals surface area contributed by atoms with Crippen LogP contribution in [0.25, 0.3) is 0 Å². The van der Waals surface area contributed by atoms with E-state index in [1.165, 1.54) is 24.4 Å². The smallest absolute Gasteiger partial charge is 0.270 e. The van der Waals surface area contributed by atoms with Crippen LogP contribution in [0, 0.1) is 33.8 Å². The summed E-state index contributed by atoms with van der Waals surface area (Å²) in [6.45, 7) is 0. The van der Waals surface area contributed by atoms with E-state index in [1.54, 1.807) is 0 Å². The first-order valence-electron chi connectivity index (χ1n) is 7.51. The van der Waals surface area contributed by atoms with Crippen molar-refractivity contribution >= 4 is 35.3 Å². The molecule has 2 fully saturated rings. The molecule has 0 unspecified atom stereocenters. The van der Waals surface area contributed by atoms with Gasteiger partial charge in [0.1, 0.15) is 0 Å². The number of hydrogen-bond donors (Lipinski definition) is 0. The van der Waals surface area contributed by atoms with Crippen molar-refractivity contribution in [3.63, 3.8) is 0 Å². The highest BCUT2D eigenvalue weighted by Gasteiger charge is 2.59. The number of nitro groups is 1. The second-order valence-corrected chi connectivity index (χ2v) is 6.60. The van der Waals surface area contributed by atoms with Crippen molar-refractivity contribution in [3.05, 3.63) is 51.1 Å². The van der Waals surface area contributed by atoms with E-state index in [0.717, 1.165) is 11.4 Å². The number of hydrazone groups is 1. The molecule has 1 aliphatic heterocycles. The lowest BCUT2D eigenvalue weighted by molar-refractivity contribution is -0.384. The number of amides is 2. The van der Waals surface area contributed by atoms with Crippen LogP contribution < -0.4 is 0 Å². The minimum Gasteiger partial charge on any atom is -0.272 e. The fourth-order valence-electron chi connectivity index (χ4n) is 3.86. The Labute approximate surface area is 141 Å². The SMILES string of the molecule is O=C1[C@@H]2[C@H](C(=O)N1/N=C\c1cc([N+](=O)[O-])ccc1Cl)[C@@H]1C=C[C@H]2C1. The highest BCUT2D eigenvalue weighted by molar-refractivity contribution is 6.33. The standard InChI is InChI=1S/C16H12ClN3O4/c17-12-4-3-11(20(23)24)6-10(12)7-18-19-15(21)13-8-1-2-9(5-8)14(13)16(19)22/h1-4,6-9,13-14H,5H2/b18-7-/t8-,9+,13-,14+. The normalized spacial score (nSPS) is 30.6. The predicted octanol–water partition coefficient (Wildman–Crippen LogP) is 2.39. The van der Waals surface area contributed by atoms with E-state index in [-0.39, 0.29) is 51.8 Å². The fraction of sp³-hybridized carbons (Fsp3) is 0.312. The largest absolute Gasteiger partial charge is 0.272 e. The minimum absolute atomic E-state index is 0.109. The van der Waals surface area contributed by atoms with Gasteiger partial charge in [-0.3, -0.25) is 19.7 Å². The first kappa shape index (κ1) is 15.0. The van der Waals surface area contributed by atoms with E-state index < -0.39 is 4.92 Å². The van der Waals surface area contributed by atoms with Gasteiger partial charge in [0.15, 0.2) is 0 Å². The molecule has 8 heteroatoms. The van der Waals surface area contributed by atoms with Crippen LogP contribution in [-0.4, -0.2) is 28.0 Å². The van der Waals surface area contributed by atoms with Crippen LogP contribution >= 0.6 is 11.6 Å². The number of carbonyl (C=O) groups excluding carboxylic acids is 2. The van der Waals surface area contributed by atoms with Gasteiger partial charge in [0.25, 0.3) is 17.5 Å². The molecule has 2 amide bonds. The summed E-state index contributed by atoms with van der Waals surface area (Å²) in [6.07, 6.45) is 6.08. The van der Waals surface area contributed by atoms with Crippen molar-refractivity contribution in [1.29, 1.82) is 0 Å². The van der Waals surface area contributed by atoms with E-state index in [4.69, 9.17) is 11.6 Å². The van der Waals surface area contributed by atoms with E-state index >= 15 is 0 Å². The van der Waals surface area contributed by atoms with Gasteiger partial charge in [0.2, 0.25) is 0 Å². The molecule has 4 rings (SSSR count). The Bertz CT molecular complexity index is 805. The zero-order valence-corrected chi connectivity index (χ0v) is 13.1. The molecule has 4 atom stereocenters. The molecule has 1 aromatic rings. The summed E-state index contributed by atoms with van der Waals surface area (Å²) in [7, 11) is 0. The Morgan fingerprint density at radius 2 is 1.83 bits per heavy atom. The van der Waals surface area contributed by atoms with E-state index in [1.807, 2.05) is 12.2 Å². The second-order valence-electron chi connectivity index (χ2n) is 6.20. The third-order valence-electron chi connectivity index (χ3n) is 4.95. The number of non-ortho nitro benzene ring substituents is 1. The van der Waals surface area contributed by atoms with Gasteiger partial charge in [0, 0.05) is 22.7 Å². The molecule has 1 saturated carbocycles. The van der Waals surface area contributed by atoms with E-state index in [0.29, 0.717) is 0 Å². The van der Waals surface area contributed by atoms with E-state index in [2.05, 4.69) is 5.10 Å². The minimum atomic E-state index is -0.548. The molecule has 122 valence electrons. The van der Waals surface area contributed by atoms with Gasteiger partial charge in [-0.25, -0.2) is 0 Å².